The first-order chi connectivity index (χ1) is 14.9. The zero-order valence-corrected chi connectivity index (χ0v) is 19.0. The molecule has 0 radical (unpaired) electrons. The average Bonchev–Trinajstić information content (AvgIpc) is 3.35. The van der Waals surface area contributed by atoms with Gasteiger partial charge in [-0.15, -0.1) is 0 Å². The number of nitrogens with zero attached hydrogens (tertiary/aromatic N) is 1. The normalized spacial score (nSPS) is 20.6. The van der Waals surface area contributed by atoms with Crippen LogP contribution in [0.3, 0.4) is 0 Å². The number of amides is 1. The maximum atomic E-state index is 13.2. The van der Waals surface area contributed by atoms with Gasteiger partial charge in [-0.2, -0.15) is 4.31 Å². The van der Waals surface area contributed by atoms with Crippen LogP contribution in [-0.2, 0) is 10.0 Å². The third-order valence-electron chi connectivity index (χ3n) is 6.59. The molecule has 0 aromatic heterocycles. The Morgan fingerprint density at radius 1 is 1.10 bits per heavy atom. The molecule has 1 N–H and O–H groups in total. The lowest BCUT2D eigenvalue weighted by Gasteiger charge is -2.41. The number of nitrogens with one attached hydrogen (secondary N) is 1. The fourth-order valence-corrected chi connectivity index (χ4v) is 6.11. The summed E-state index contributed by atoms with van der Waals surface area (Å²) in [6.45, 7) is 5.27. The smallest absolute Gasteiger partial charge is 0.251 e. The summed E-state index contributed by atoms with van der Waals surface area (Å²) in [6, 6.07) is 13.9. The van der Waals surface area contributed by atoms with Crippen LogP contribution in [0, 0.1) is 0 Å². The maximum Gasteiger partial charge on any atom is 0.251 e. The minimum absolute atomic E-state index is 0.172. The predicted octanol–water partition coefficient (Wildman–Crippen LogP) is 4.28. The second kappa shape index (κ2) is 8.63. The van der Waals surface area contributed by atoms with E-state index in [0.717, 1.165) is 37.0 Å². The number of para-hydroxylation sites is 1. The molecule has 0 saturated carbocycles. The summed E-state index contributed by atoms with van der Waals surface area (Å²) in [5, 5.41) is 3.14. The van der Waals surface area contributed by atoms with Gasteiger partial charge in [-0.25, -0.2) is 8.42 Å². The van der Waals surface area contributed by atoms with E-state index in [4.69, 9.17) is 4.74 Å². The summed E-state index contributed by atoms with van der Waals surface area (Å²) in [7, 11) is -3.57. The average molecular weight is 443 g/mol. The molecule has 0 bridgehead atoms. The largest absolute Gasteiger partial charge is 0.487 e. The molecule has 0 unspecified atom stereocenters. The summed E-state index contributed by atoms with van der Waals surface area (Å²) >= 11 is 0. The van der Waals surface area contributed by atoms with Crippen molar-refractivity contribution in [1.29, 1.82) is 0 Å². The van der Waals surface area contributed by atoms with Crippen LogP contribution in [0.15, 0.2) is 53.4 Å². The number of benzene rings is 2. The Labute approximate surface area is 184 Å². The van der Waals surface area contributed by atoms with Gasteiger partial charge in [0.1, 0.15) is 11.4 Å². The highest BCUT2D eigenvalue weighted by Gasteiger charge is 2.39. The molecule has 2 aliphatic heterocycles. The molecule has 2 heterocycles. The molecular formula is C24H30N2O4S. The lowest BCUT2D eigenvalue weighted by molar-refractivity contribution is 0.0227. The molecule has 7 heteroatoms. The number of hydrogen-bond acceptors (Lipinski definition) is 4. The van der Waals surface area contributed by atoms with E-state index in [0.29, 0.717) is 25.1 Å². The number of fused-ring (bicyclic) bond motifs is 1. The minimum atomic E-state index is -3.57. The standard InChI is InChI=1S/C24H30N2O4S/c1-3-24(4-2)17-21(20-12-5-6-13-22(20)30-24)25-23(27)18-10-9-11-19(16-18)31(28,29)26-14-7-8-15-26/h5-6,9-13,16,21H,3-4,7-8,14-15,17H2,1-2H3,(H,25,27)/t21-/m1/s1. The van der Waals surface area contributed by atoms with Gasteiger partial charge in [0.2, 0.25) is 10.0 Å². The summed E-state index contributed by atoms with van der Waals surface area (Å²) in [4.78, 5) is 13.3. The van der Waals surface area contributed by atoms with E-state index >= 15 is 0 Å². The van der Waals surface area contributed by atoms with E-state index in [-0.39, 0.29) is 22.4 Å². The van der Waals surface area contributed by atoms with Crippen LogP contribution in [0.2, 0.25) is 0 Å². The fourth-order valence-electron chi connectivity index (χ4n) is 4.55. The summed E-state index contributed by atoms with van der Waals surface area (Å²) in [5.74, 6) is 0.523. The molecular weight excluding hydrogens is 412 g/mol. The second-order valence-electron chi connectivity index (χ2n) is 8.40. The Kier molecular flexibility index (Phi) is 6.08. The van der Waals surface area contributed by atoms with Gasteiger partial charge in [0.15, 0.2) is 0 Å². The van der Waals surface area contributed by atoms with Gasteiger partial charge in [0, 0.05) is 30.6 Å². The number of carbonyl (C=O) groups is 1. The van der Waals surface area contributed by atoms with Gasteiger partial charge >= 0.3 is 0 Å². The summed E-state index contributed by atoms with van der Waals surface area (Å²) in [6.07, 6.45) is 4.11. The van der Waals surface area contributed by atoms with Crippen molar-refractivity contribution in [2.24, 2.45) is 0 Å². The van der Waals surface area contributed by atoms with Crippen molar-refractivity contribution in [1.82, 2.24) is 9.62 Å². The van der Waals surface area contributed by atoms with Crippen molar-refractivity contribution >= 4 is 15.9 Å². The second-order valence-corrected chi connectivity index (χ2v) is 10.3. The highest BCUT2D eigenvalue weighted by molar-refractivity contribution is 7.89. The van der Waals surface area contributed by atoms with Crippen molar-refractivity contribution in [2.45, 2.75) is 62.5 Å². The predicted molar refractivity (Wildman–Crippen MR) is 120 cm³/mol. The zero-order valence-electron chi connectivity index (χ0n) is 18.1. The van der Waals surface area contributed by atoms with Gasteiger partial charge < -0.3 is 10.1 Å². The SMILES string of the molecule is CCC1(CC)C[C@@H](NC(=O)c2cccc(S(=O)(=O)N3CCCC3)c2)c2ccccc2O1. The third kappa shape index (κ3) is 4.21. The van der Waals surface area contributed by atoms with Crippen LogP contribution < -0.4 is 10.1 Å². The molecule has 2 aliphatic rings. The molecule has 166 valence electrons. The van der Waals surface area contributed by atoms with Crippen LogP contribution in [0.4, 0.5) is 0 Å². The van der Waals surface area contributed by atoms with Crippen LogP contribution >= 0.6 is 0 Å². The molecule has 0 aliphatic carbocycles. The number of ether oxygens (including phenoxy) is 1. The van der Waals surface area contributed by atoms with Crippen molar-refractivity contribution in [3.63, 3.8) is 0 Å². The number of rotatable bonds is 6. The molecule has 1 saturated heterocycles. The maximum absolute atomic E-state index is 13.2. The van der Waals surface area contributed by atoms with Crippen molar-refractivity contribution < 1.29 is 17.9 Å². The first kappa shape index (κ1) is 21.8. The summed E-state index contributed by atoms with van der Waals surface area (Å²) in [5.41, 5.74) is 0.977. The van der Waals surface area contributed by atoms with Gasteiger partial charge in [-0.3, -0.25) is 4.79 Å². The van der Waals surface area contributed by atoms with E-state index in [9.17, 15) is 13.2 Å². The van der Waals surface area contributed by atoms with Crippen LogP contribution in [0.1, 0.15) is 67.9 Å². The lowest BCUT2D eigenvalue weighted by atomic mass is 9.83. The topological polar surface area (TPSA) is 75.7 Å². The molecule has 1 fully saturated rings. The van der Waals surface area contributed by atoms with E-state index in [1.165, 1.54) is 10.4 Å². The van der Waals surface area contributed by atoms with Crippen molar-refractivity contribution in [2.75, 3.05) is 13.1 Å². The molecule has 2 aromatic rings. The van der Waals surface area contributed by atoms with E-state index in [1.54, 1.807) is 18.2 Å². The summed E-state index contributed by atoms with van der Waals surface area (Å²) < 4.78 is 33.6. The number of carbonyl (C=O) groups excluding carboxylic acids is 1. The van der Waals surface area contributed by atoms with Gasteiger partial charge in [0.25, 0.3) is 5.91 Å². The molecule has 1 amide bonds. The van der Waals surface area contributed by atoms with Crippen LogP contribution in [0.5, 0.6) is 5.75 Å². The zero-order chi connectivity index (χ0) is 22.1. The molecule has 4 rings (SSSR count). The van der Waals surface area contributed by atoms with Crippen LogP contribution in [0.25, 0.3) is 0 Å². The van der Waals surface area contributed by atoms with Gasteiger partial charge in [-0.1, -0.05) is 38.1 Å². The monoisotopic (exact) mass is 442 g/mol. The van der Waals surface area contributed by atoms with Crippen molar-refractivity contribution in [3.8, 4) is 5.75 Å². The highest BCUT2D eigenvalue weighted by atomic mass is 32.2. The van der Waals surface area contributed by atoms with Crippen LogP contribution in [-0.4, -0.2) is 37.3 Å². The highest BCUT2D eigenvalue weighted by Crippen LogP contribution is 2.42. The van der Waals surface area contributed by atoms with E-state index < -0.39 is 10.0 Å². The van der Waals surface area contributed by atoms with Gasteiger partial charge in [-0.05, 0) is 49.9 Å². The third-order valence-corrected chi connectivity index (χ3v) is 8.48. The van der Waals surface area contributed by atoms with E-state index in [1.807, 2.05) is 24.3 Å². The molecule has 31 heavy (non-hydrogen) atoms. The minimum Gasteiger partial charge on any atom is -0.487 e. The number of sulfonamides is 1. The molecule has 2 aromatic carbocycles. The van der Waals surface area contributed by atoms with E-state index in [2.05, 4.69) is 19.2 Å². The Bertz CT molecular complexity index is 1060. The Morgan fingerprint density at radius 2 is 1.81 bits per heavy atom. The van der Waals surface area contributed by atoms with Crippen molar-refractivity contribution in [3.05, 3.63) is 59.7 Å². The first-order valence-corrected chi connectivity index (χ1v) is 12.5. The molecule has 1 atom stereocenters. The lowest BCUT2D eigenvalue weighted by Crippen LogP contribution is -2.44. The quantitative estimate of drug-likeness (QED) is 0.724. The first-order valence-electron chi connectivity index (χ1n) is 11.1. The Morgan fingerprint density at radius 3 is 2.52 bits per heavy atom. The van der Waals surface area contributed by atoms with Gasteiger partial charge in [0.05, 0.1) is 10.9 Å². The Hall–Kier alpha value is -2.38. The molecule has 0 spiro atoms. The number of hydrogen-bond donors (Lipinski definition) is 1. The molecule has 6 nitrogen and oxygen atoms in total. The fraction of sp³-hybridized carbons (Fsp3) is 0.458. The Balaban J connectivity index is 1.60.